The van der Waals surface area contributed by atoms with E-state index in [1.165, 1.54) is 16.2 Å². The molecule has 0 aliphatic heterocycles. The lowest BCUT2D eigenvalue weighted by molar-refractivity contribution is -0.140. The van der Waals surface area contributed by atoms with Gasteiger partial charge >= 0.3 is 5.97 Å². The van der Waals surface area contributed by atoms with E-state index in [1.807, 2.05) is 66.0 Å². The molecule has 8 nitrogen and oxygen atoms in total. The van der Waals surface area contributed by atoms with Gasteiger partial charge in [-0.2, -0.15) is 0 Å². The minimum Gasteiger partial charge on any atom is -0.481 e. The number of carbonyl (C=O) groups is 2. The first-order valence-electron chi connectivity index (χ1n) is 11.7. The molecule has 0 saturated carbocycles. The molecule has 2 aromatic carbocycles. The van der Waals surface area contributed by atoms with Crippen LogP contribution in [0.15, 0.2) is 78.3 Å². The average molecular weight is 518 g/mol. The minimum atomic E-state index is -1.06. The second-order valence-corrected chi connectivity index (χ2v) is 9.18. The third-order valence-corrected chi connectivity index (χ3v) is 6.73. The quantitative estimate of drug-likeness (QED) is 0.300. The fourth-order valence-electron chi connectivity index (χ4n) is 4.11. The summed E-state index contributed by atoms with van der Waals surface area (Å²) in [6.07, 6.45) is 1.69. The van der Waals surface area contributed by atoms with E-state index in [4.69, 9.17) is 9.72 Å². The lowest BCUT2D eigenvalue weighted by Gasteiger charge is -2.24. The predicted octanol–water partition coefficient (Wildman–Crippen LogP) is 4.54. The van der Waals surface area contributed by atoms with Crippen molar-refractivity contribution in [2.24, 2.45) is 5.92 Å². The lowest BCUT2D eigenvalue weighted by atomic mass is 9.95. The largest absolute Gasteiger partial charge is 0.481 e. The number of carboxylic acids is 1. The number of pyridine rings is 1. The smallest absolute Gasteiger partial charge is 0.304 e. The zero-order chi connectivity index (χ0) is 26.2. The maximum atomic E-state index is 13.6. The van der Waals surface area contributed by atoms with Crippen LogP contribution >= 0.6 is 11.3 Å². The van der Waals surface area contributed by atoms with Gasteiger partial charge in [0.25, 0.3) is 0 Å². The molecule has 0 saturated heterocycles. The summed E-state index contributed by atoms with van der Waals surface area (Å²) in [6, 6.07) is 20.8. The maximum Gasteiger partial charge on any atom is 0.304 e. The summed E-state index contributed by atoms with van der Waals surface area (Å²) < 4.78 is 5.16. The number of rotatable bonds is 11. The molecule has 2 aromatic heterocycles. The van der Waals surface area contributed by atoms with E-state index in [0.29, 0.717) is 16.7 Å². The topological polar surface area (TPSA) is 113 Å². The van der Waals surface area contributed by atoms with Crippen LogP contribution in [0, 0.1) is 5.92 Å². The zero-order valence-electron chi connectivity index (χ0n) is 20.3. The van der Waals surface area contributed by atoms with Gasteiger partial charge in [-0.05, 0) is 23.6 Å². The van der Waals surface area contributed by atoms with Crippen LogP contribution in [0.1, 0.15) is 12.0 Å². The first-order chi connectivity index (χ1) is 18.0. The Balaban J connectivity index is 1.64. The Morgan fingerprint density at radius 2 is 1.76 bits per heavy atom. The standard InChI is InChI=1S/C28H27N3O5S/c1-36-25-12-11-20(17-29-25)22-9-5-6-10-23(22)24-18-37-28(30-24)31(13-14-32)27(35)21(16-26(33)34)15-19-7-3-2-4-8-19/h2-12,17-18,21,32H,13-16H2,1H3,(H,33,34)/t21-/m1/s1. The fraction of sp³-hybridized carbons (Fsp3) is 0.214. The Hall–Kier alpha value is -4.08. The number of aromatic nitrogens is 2. The Bertz CT molecular complexity index is 1340. The molecule has 0 aliphatic carbocycles. The molecule has 1 amide bonds. The van der Waals surface area contributed by atoms with E-state index in [1.54, 1.807) is 19.4 Å². The van der Waals surface area contributed by atoms with Crippen molar-refractivity contribution in [2.75, 3.05) is 25.2 Å². The first-order valence-corrected chi connectivity index (χ1v) is 12.6. The molecule has 2 N–H and O–H groups in total. The number of aliphatic hydroxyl groups excluding tert-OH is 1. The number of carbonyl (C=O) groups excluding carboxylic acids is 1. The zero-order valence-corrected chi connectivity index (χ0v) is 21.1. The molecule has 9 heteroatoms. The summed E-state index contributed by atoms with van der Waals surface area (Å²) in [5.41, 5.74) is 4.20. The molecule has 4 aromatic rings. The van der Waals surface area contributed by atoms with Gasteiger partial charge in [-0.25, -0.2) is 9.97 Å². The number of hydrogen-bond acceptors (Lipinski definition) is 7. The number of aliphatic carboxylic acids is 1. The van der Waals surface area contributed by atoms with E-state index in [2.05, 4.69) is 4.98 Å². The third-order valence-electron chi connectivity index (χ3n) is 5.87. The molecule has 0 aliphatic rings. The Kier molecular flexibility index (Phi) is 8.60. The maximum absolute atomic E-state index is 13.6. The van der Waals surface area contributed by atoms with Crippen LogP contribution in [-0.4, -0.2) is 52.3 Å². The number of anilines is 1. The van der Waals surface area contributed by atoms with Crippen LogP contribution in [-0.2, 0) is 16.0 Å². The highest BCUT2D eigenvalue weighted by Gasteiger charge is 2.29. The minimum absolute atomic E-state index is 0.0146. The molecule has 0 unspecified atom stereocenters. The molecule has 0 fully saturated rings. The SMILES string of the molecule is COc1ccc(-c2ccccc2-c2csc(N(CCO)C(=O)[C@@H](CC(=O)O)Cc3ccccc3)n2)cn1. The normalized spacial score (nSPS) is 11.6. The van der Waals surface area contributed by atoms with Crippen molar-refractivity contribution in [3.05, 3.63) is 83.9 Å². The van der Waals surface area contributed by atoms with Crippen LogP contribution in [0.25, 0.3) is 22.4 Å². The van der Waals surface area contributed by atoms with E-state index in [-0.39, 0.29) is 31.9 Å². The summed E-state index contributed by atoms with van der Waals surface area (Å²) in [5.74, 6) is -1.72. The van der Waals surface area contributed by atoms with Crippen LogP contribution in [0.4, 0.5) is 5.13 Å². The molecular formula is C28H27N3O5S. The van der Waals surface area contributed by atoms with Crippen LogP contribution in [0.3, 0.4) is 0 Å². The van der Waals surface area contributed by atoms with Gasteiger partial charge in [-0.15, -0.1) is 11.3 Å². The molecule has 0 spiro atoms. The summed E-state index contributed by atoms with van der Waals surface area (Å²) in [5, 5.41) is 21.4. The number of ether oxygens (including phenoxy) is 1. The highest BCUT2D eigenvalue weighted by atomic mass is 32.1. The number of hydrogen-bond donors (Lipinski definition) is 2. The summed E-state index contributed by atoms with van der Waals surface area (Å²) >= 11 is 1.27. The van der Waals surface area contributed by atoms with Crippen LogP contribution in [0.5, 0.6) is 5.88 Å². The summed E-state index contributed by atoms with van der Waals surface area (Å²) in [7, 11) is 1.56. The number of amides is 1. The van der Waals surface area contributed by atoms with Gasteiger partial charge in [0.15, 0.2) is 5.13 Å². The van der Waals surface area contributed by atoms with Crippen molar-refractivity contribution in [2.45, 2.75) is 12.8 Å². The highest BCUT2D eigenvalue weighted by Crippen LogP contribution is 2.35. The molecule has 0 bridgehead atoms. The van der Waals surface area contributed by atoms with E-state index in [9.17, 15) is 19.8 Å². The number of thiazole rings is 1. The van der Waals surface area contributed by atoms with Crippen molar-refractivity contribution < 1.29 is 24.5 Å². The van der Waals surface area contributed by atoms with E-state index >= 15 is 0 Å². The van der Waals surface area contributed by atoms with Gasteiger partial charge in [0.2, 0.25) is 11.8 Å². The monoisotopic (exact) mass is 517 g/mol. The van der Waals surface area contributed by atoms with Crippen molar-refractivity contribution in [3.8, 4) is 28.3 Å². The molecule has 1 atom stereocenters. The fourth-order valence-corrected chi connectivity index (χ4v) is 4.96. The van der Waals surface area contributed by atoms with Crippen LogP contribution in [0.2, 0.25) is 0 Å². The van der Waals surface area contributed by atoms with Crippen molar-refractivity contribution >= 4 is 28.3 Å². The number of nitrogens with zero attached hydrogens (tertiary/aromatic N) is 3. The summed E-state index contributed by atoms with van der Waals surface area (Å²) in [4.78, 5) is 35.6. The second-order valence-electron chi connectivity index (χ2n) is 8.35. The molecule has 37 heavy (non-hydrogen) atoms. The Labute approximate surface area is 218 Å². The van der Waals surface area contributed by atoms with Crippen molar-refractivity contribution in [1.29, 1.82) is 0 Å². The van der Waals surface area contributed by atoms with Gasteiger partial charge in [0.05, 0.1) is 38.3 Å². The van der Waals surface area contributed by atoms with Gasteiger partial charge < -0.3 is 14.9 Å². The molecular weight excluding hydrogens is 490 g/mol. The number of carboxylic acid groups (broad SMARTS) is 1. The van der Waals surface area contributed by atoms with Gasteiger partial charge in [0.1, 0.15) is 0 Å². The van der Waals surface area contributed by atoms with Gasteiger partial charge in [-0.3, -0.25) is 14.5 Å². The predicted molar refractivity (Wildman–Crippen MR) is 143 cm³/mol. The highest BCUT2D eigenvalue weighted by molar-refractivity contribution is 7.14. The Morgan fingerprint density at radius 3 is 2.41 bits per heavy atom. The molecule has 190 valence electrons. The van der Waals surface area contributed by atoms with E-state index < -0.39 is 11.9 Å². The molecule has 0 radical (unpaired) electrons. The van der Waals surface area contributed by atoms with E-state index in [0.717, 1.165) is 22.3 Å². The lowest BCUT2D eigenvalue weighted by Crippen LogP contribution is -2.39. The van der Waals surface area contributed by atoms with Crippen LogP contribution < -0.4 is 9.64 Å². The average Bonchev–Trinajstić information content (AvgIpc) is 3.41. The first kappa shape index (κ1) is 26.0. The van der Waals surface area contributed by atoms with Gasteiger partial charge in [0, 0.05) is 28.8 Å². The molecule has 4 rings (SSSR count). The Morgan fingerprint density at radius 1 is 1.03 bits per heavy atom. The third kappa shape index (κ3) is 6.38. The number of methoxy groups -OCH3 is 1. The second kappa shape index (κ2) is 12.2. The molecule has 2 heterocycles. The number of benzene rings is 2. The van der Waals surface area contributed by atoms with Crippen molar-refractivity contribution in [1.82, 2.24) is 9.97 Å². The number of aliphatic hydroxyl groups is 1. The van der Waals surface area contributed by atoms with Gasteiger partial charge in [-0.1, -0.05) is 54.6 Å². The van der Waals surface area contributed by atoms with Crippen molar-refractivity contribution in [3.63, 3.8) is 0 Å². The summed E-state index contributed by atoms with van der Waals surface area (Å²) in [6.45, 7) is -0.263.